The van der Waals surface area contributed by atoms with E-state index in [9.17, 15) is 13.6 Å². The van der Waals surface area contributed by atoms with Crippen LogP contribution in [0.2, 0.25) is 5.15 Å². The predicted molar refractivity (Wildman–Crippen MR) is 67.2 cm³/mol. The van der Waals surface area contributed by atoms with Gasteiger partial charge in [0.2, 0.25) is 0 Å². The number of carbonyl (C=O) groups is 1. The fourth-order valence-electron chi connectivity index (χ4n) is 1.39. The number of carbonyl (C=O) groups excluding carboxylic acids is 1. The van der Waals surface area contributed by atoms with Gasteiger partial charge in [0.15, 0.2) is 0 Å². The Kier molecular flexibility index (Phi) is 5.95. The molecule has 1 heterocycles. The van der Waals surface area contributed by atoms with Gasteiger partial charge in [0, 0.05) is 16.5 Å². The van der Waals surface area contributed by atoms with Crippen LogP contribution >= 0.6 is 27.5 Å². The van der Waals surface area contributed by atoms with Crippen LogP contribution in [0, 0.1) is 0 Å². The molecule has 0 bridgehead atoms. The smallest absolute Gasteiger partial charge is 0.311 e. The predicted octanol–water partition coefficient (Wildman–Crippen LogP) is 3.67. The van der Waals surface area contributed by atoms with Gasteiger partial charge in [-0.2, -0.15) is 0 Å². The molecule has 0 aliphatic heterocycles. The van der Waals surface area contributed by atoms with Crippen LogP contribution in [0.4, 0.5) is 8.78 Å². The molecule has 1 aromatic heterocycles. The lowest BCUT2D eigenvalue weighted by atomic mass is 10.1. The van der Waals surface area contributed by atoms with E-state index in [1.54, 1.807) is 6.92 Å². The number of rotatable bonds is 5. The van der Waals surface area contributed by atoms with E-state index in [1.807, 2.05) is 0 Å². The van der Waals surface area contributed by atoms with Crippen molar-refractivity contribution in [2.75, 3.05) is 6.61 Å². The van der Waals surface area contributed by atoms with Crippen molar-refractivity contribution in [1.29, 1.82) is 0 Å². The first-order chi connectivity index (χ1) is 8.49. The SMILES string of the molecule is CCOC(=O)Cc1cc(C(F)F)c(CBr)c(Cl)n1. The lowest BCUT2D eigenvalue weighted by Crippen LogP contribution is -2.10. The normalized spacial score (nSPS) is 10.8. The maximum atomic E-state index is 12.8. The Morgan fingerprint density at radius 3 is 2.78 bits per heavy atom. The van der Waals surface area contributed by atoms with Crippen LogP contribution in [-0.2, 0) is 21.3 Å². The average molecular weight is 343 g/mol. The van der Waals surface area contributed by atoms with Crippen molar-refractivity contribution in [2.45, 2.75) is 25.1 Å². The topological polar surface area (TPSA) is 39.2 Å². The fourth-order valence-corrected chi connectivity index (χ4v) is 2.42. The summed E-state index contributed by atoms with van der Waals surface area (Å²) in [6.07, 6.45) is -2.84. The third-order valence-corrected chi connectivity index (χ3v) is 3.03. The fraction of sp³-hybridized carbons (Fsp3) is 0.455. The van der Waals surface area contributed by atoms with E-state index < -0.39 is 12.4 Å². The molecule has 0 aliphatic rings. The zero-order valence-electron chi connectivity index (χ0n) is 9.55. The van der Waals surface area contributed by atoms with E-state index in [1.165, 1.54) is 6.07 Å². The highest BCUT2D eigenvalue weighted by atomic mass is 79.9. The molecule has 0 unspecified atom stereocenters. The lowest BCUT2D eigenvalue weighted by Gasteiger charge is -2.10. The van der Waals surface area contributed by atoms with Crippen molar-refractivity contribution in [3.63, 3.8) is 0 Å². The molecule has 100 valence electrons. The number of halogens is 4. The van der Waals surface area contributed by atoms with Gasteiger partial charge in [-0.25, -0.2) is 13.8 Å². The maximum absolute atomic E-state index is 12.8. The molecule has 0 aromatic carbocycles. The molecule has 0 atom stereocenters. The summed E-state index contributed by atoms with van der Waals surface area (Å²) in [6.45, 7) is 1.89. The highest BCUT2D eigenvalue weighted by Gasteiger charge is 2.19. The number of aromatic nitrogens is 1. The third kappa shape index (κ3) is 3.88. The molecule has 1 aromatic rings. The quantitative estimate of drug-likeness (QED) is 0.465. The highest BCUT2D eigenvalue weighted by Crippen LogP contribution is 2.29. The summed E-state index contributed by atoms with van der Waals surface area (Å²) in [5.41, 5.74) is 0.198. The number of esters is 1. The molecule has 0 aliphatic carbocycles. The Morgan fingerprint density at radius 1 is 1.61 bits per heavy atom. The third-order valence-electron chi connectivity index (χ3n) is 2.16. The zero-order chi connectivity index (χ0) is 13.7. The van der Waals surface area contributed by atoms with Crippen LogP contribution in [0.25, 0.3) is 0 Å². The Balaban J connectivity index is 3.05. The second kappa shape index (κ2) is 6.99. The van der Waals surface area contributed by atoms with E-state index in [-0.39, 0.29) is 40.3 Å². The largest absolute Gasteiger partial charge is 0.466 e. The monoisotopic (exact) mass is 341 g/mol. The molecule has 1 rings (SSSR count). The molecule has 0 saturated carbocycles. The molecule has 0 radical (unpaired) electrons. The molecule has 3 nitrogen and oxygen atoms in total. The molecule has 18 heavy (non-hydrogen) atoms. The number of nitrogens with zero attached hydrogens (tertiary/aromatic N) is 1. The van der Waals surface area contributed by atoms with E-state index in [4.69, 9.17) is 16.3 Å². The van der Waals surface area contributed by atoms with Crippen molar-refractivity contribution >= 4 is 33.5 Å². The van der Waals surface area contributed by atoms with E-state index in [2.05, 4.69) is 20.9 Å². The summed E-state index contributed by atoms with van der Waals surface area (Å²) < 4.78 is 30.4. The standard InChI is InChI=1S/C11H11BrClF2NO2/c1-2-18-9(17)4-6-3-7(11(14)15)8(5-12)10(13)16-6/h3,11H,2,4-5H2,1H3. The van der Waals surface area contributed by atoms with Gasteiger partial charge < -0.3 is 4.74 Å². The molecule has 0 fully saturated rings. The zero-order valence-corrected chi connectivity index (χ0v) is 11.9. The number of alkyl halides is 3. The van der Waals surface area contributed by atoms with Gasteiger partial charge in [-0.05, 0) is 13.0 Å². The molecule has 0 amide bonds. The van der Waals surface area contributed by atoms with Gasteiger partial charge in [0.1, 0.15) is 5.15 Å². The van der Waals surface area contributed by atoms with Crippen LogP contribution in [0.15, 0.2) is 6.07 Å². The molecule has 0 saturated heterocycles. The first-order valence-electron chi connectivity index (χ1n) is 5.17. The average Bonchev–Trinajstić information content (AvgIpc) is 2.28. The van der Waals surface area contributed by atoms with Gasteiger partial charge in [-0.3, -0.25) is 4.79 Å². The lowest BCUT2D eigenvalue weighted by molar-refractivity contribution is -0.142. The number of ether oxygens (including phenoxy) is 1. The minimum Gasteiger partial charge on any atom is -0.466 e. The second-order valence-corrected chi connectivity index (χ2v) is 4.31. The van der Waals surface area contributed by atoms with Crippen LogP contribution in [0.5, 0.6) is 0 Å². The van der Waals surface area contributed by atoms with Crippen molar-refractivity contribution in [3.05, 3.63) is 28.0 Å². The first kappa shape index (κ1) is 15.3. The van der Waals surface area contributed by atoms with E-state index in [0.717, 1.165) is 0 Å². The van der Waals surface area contributed by atoms with Gasteiger partial charge in [0.05, 0.1) is 18.7 Å². The van der Waals surface area contributed by atoms with Crippen molar-refractivity contribution in [2.24, 2.45) is 0 Å². The number of pyridine rings is 1. The van der Waals surface area contributed by atoms with Crippen molar-refractivity contribution < 1.29 is 18.3 Å². The number of hydrogen-bond donors (Lipinski definition) is 0. The first-order valence-corrected chi connectivity index (χ1v) is 6.67. The molecule has 0 N–H and O–H groups in total. The summed E-state index contributed by atoms with van der Waals surface area (Å²) in [7, 11) is 0. The molecule has 0 spiro atoms. The van der Waals surface area contributed by atoms with Gasteiger partial charge in [-0.15, -0.1) is 0 Å². The van der Waals surface area contributed by atoms with Crippen LogP contribution in [-0.4, -0.2) is 17.6 Å². The summed E-state index contributed by atoms with van der Waals surface area (Å²) in [5.74, 6) is -0.520. The molecule has 7 heteroatoms. The van der Waals surface area contributed by atoms with E-state index in [0.29, 0.717) is 0 Å². The summed E-state index contributed by atoms with van der Waals surface area (Å²) in [5, 5.41) is 0.155. The van der Waals surface area contributed by atoms with Crippen molar-refractivity contribution in [1.82, 2.24) is 4.98 Å². The second-order valence-electron chi connectivity index (χ2n) is 3.39. The number of hydrogen-bond acceptors (Lipinski definition) is 3. The van der Waals surface area contributed by atoms with Crippen LogP contribution in [0.3, 0.4) is 0 Å². The Hall–Kier alpha value is -0.750. The minimum absolute atomic E-state index is 0.0241. The molecular formula is C11H11BrClF2NO2. The maximum Gasteiger partial charge on any atom is 0.311 e. The van der Waals surface area contributed by atoms with Gasteiger partial charge in [-0.1, -0.05) is 27.5 Å². The van der Waals surface area contributed by atoms with Crippen LogP contribution in [0.1, 0.15) is 30.2 Å². The summed E-state index contributed by atoms with van der Waals surface area (Å²) in [4.78, 5) is 15.2. The summed E-state index contributed by atoms with van der Waals surface area (Å²) >= 11 is 8.89. The highest BCUT2D eigenvalue weighted by molar-refractivity contribution is 9.08. The van der Waals surface area contributed by atoms with Crippen molar-refractivity contribution in [3.8, 4) is 0 Å². The Bertz CT molecular complexity index is 443. The van der Waals surface area contributed by atoms with Crippen LogP contribution < -0.4 is 0 Å². The minimum atomic E-state index is -2.67. The Morgan fingerprint density at radius 2 is 2.28 bits per heavy atom. The summed E-state index contributed by atoms with van der Waals surface area (Å²) in [6, 6.07) is 1.18. The van der Waals surface area contributed by atoms with Gasteiger partial charge >= 0.3 is 5.97 Å². The molecular weight excluding hydrogens is 331 g/mol. The Labute approximate surface area is 117 Å². The van der Waals surface area contributed by atoms with E-state index >= 15 is 0 Å². The van der Waals surface area contributed by atoms with Gasteiger partial charge in [0.25, 0.3) is 6.43 Å².